The minimum absolute atomic E-state index is 0.368. The maximum Gasteiger partial charge on any atom is 0.323 e. The molecular weight excluding hydrogens is 316 g/mol. The number of carbonyl (C=O) groups is 1. The monoisotopic (exact) mass is 332 g/mol. The summed E-state index contributed by atoms with van der Waals surface area (Å²) in [5, 5.41) is 0. The van der Waals surface area contributed by atoms with Gasteiger partial charge in [-0.05, 0) is 24.3 Å². The third-order valence-corrected chi connectivity index (χ3v) is 4.20. The van der Waals surface area contributed by atoms with E-state index in [1.807, 2.05) is 54.6 Å². The summed E-state index contributed by atoms with van der Waals surface area (Å²) in [7, 11) is 1.55. The van der Waals surface area contributed by atoms with Gasteiger partial charge in [0, 0.05) is 11.1 Å². The quantitative estimate of drug-likeness (QED) is 0.522. The molecule has 0 aromatic heterocycles. The van der Waals surface area contributed by atoms with E-state index in [1.165, 1.54) is 0 Å². The van der Waals surface area contributed by atoms with Gasteiger partial charge in [0.15, 0.2) is 11.5 Å². The van der Waals surface area contributed by atoms with Crippen molar-refractivity contribution < 1.29 is 19.0 Å². The molecule has 0 saturated carbocycles. The highest BCUT2D eigenvalue weighted by atomic mass is 16.6. The molecule has 0 spiro atoms. The zero-order valence-electron chi connectivity index (χ0n) is 13.6. The molecule has 4 heteroatoms. The molecule has 0 N–H and O–H groups in total. The molecule has 0 saturated heterocycles. The second kappa shape index (κ2) is 6.32. The predicted octanol–water partition coefficient (Wildman–Crippen LogP) is 4.54. The van der Waals surface area contributed by atoms with Crippen molar-refractivity contribution in [1.29, 1.82) is 0 Å². The van der Waals surface area contributed by atoms with Crippen molar-refractivity contribution in [2.75, 3.05) is 7.11 Å². The van der Waals surface area contributed by atoms with E-state index >= 15 is 0 Å². The molecule has 3 aromatic carbocycles. The molecule has 0 amide bonds. The minimum atomic E-state index is -0.550. The van der Waals surface area contributed by atoms with Crippen LogP contribution < -0.4 is 14.2 Å². The smallest absolute Gasteiger partial charge is 0.323 e. The topological polar surface area (TPSA) is 44.8 Å². The van der Waals surface area contributed by atoms with E-state index < -0.39 is 5.92 Å². The molecule has 0 bridgehead atoms. The van der Waals surface area contributed by atoms with Gasteiger partial charge >= 0.3 is 5.97 Å². The first-order valence-corrected chi connectivity index (χ1v) is 7.98. The summed E-state index contributed by atoms with van der Waals surface area (Å²) in [5.74, 6) is 1.34. The van der Waals surface area contributed by atoms with Gasteiger partial charge in [-0.3, -0.25) is 4.79 Å². The van der Waals surface area contributed by atoms with E-state index in [0.717, 1.165) is 11.1 Å². The summed E-state index contributed by atoms with van der Waals surface area (Å²) in [5.41, 5.74) is 1.59. The fourth-order valence-electron chi connectivity index (χ4n) is 3.03. The first kappa shape index (κ1) is 15.3. The van der Waals surface area contributed by atoms with E-state index in [2.05, 4.69) is 0 Å². The summed E-state index contributed by atoms with van der Waals surface area (Å²) >= 11 is 0. The Balaban J connectivity index is 1.75. The van der Waals surface area contributed by atoms with Crippen LogP contribution in [0.3, 0.4) is 0 Å². The number of rotatable bonds is 3. The number of benzene rings is 3. The van der Waals surface area contributed by atoms with Crippen molar-refractivity contribution in [2.45, 2.75) is 5.92 Å². The molecule has 0 aliphatic carbocycles. The number of esters is 1. The van der Waals surface area contributed by atoms with Crippen molar-refractivity contribution in [3.05, 3.63) is 83.9 Å². The van der Waals surface area contributed by atoms with Gasteiger partial charge in [-0.2, -0.15) is 0 Å². The Morgan fingerprint density at radius 1 is 0.800 bits per heavy atom. The molecule has 0 unspecified atom stereocenters. The Hall–Kier alpha value is -3.27. The van der Waals surface area contributed by atoms with Gasteiger partial charge in [0.05, 0.1) is 7.11 Å². The highest BCUT2D eigenvalue weighted by Crippen LogP contribution is 2.44. The number of hydrogen-bond acceptors (Lipinski definition) is 4. The Kier molecular flexibility index (Phi) is 3.86. The Labute approximate surface area is 145 Å². The molecule has 3 aromatic rings. The van der Waals surface area contributed by atoms with Crippen LogP contribution in [0.5, 0.6) is 23.0 Å². The maximum absolute atomic E-state index is 13.0. The average Bonchev–Trinajstić information content (AvgIpc) is 2.66. The molecule has 0 atom stereocenters. The zero-order chi connectivity index (χ0) is 17.2. The standard InChI is InChI=1S/C21H16O4/c1-23-18-12-6-7-13-19(18)25-21(22)20-14-8-2-4-10-16(14)24-17-11-5-3-9-15(17)20/h2-13,20H,1H3. The molecule has 0 fully saturated rings. The van der Waals surface area contributed by atoms with Crippen LogP contribution in [0.25, 0.3) is 0 Å². The van der Waals surface area contributed by atoms with Crippen LogP contribution in [0.2, 0.25) is 0 Å². The van der Waals surface area contributed by atoms with Gasteiger partial charge in [0.2, 0.25) is 0 Å². The van der Waals surface area contributed by atoms with Crippen LogP contribution in [-0.2, 0) is 4.79 Å². The lowest BCUT2D eigenvalue weighted by molar-refractivity contribution is -0.135. The lowest BCUT2D eigenvalue weighted by Gasteiger charge is -2.26. The van der Waals surface area contributed by atoms with Crippen molar-refractivity contribution in [3.8, 4) is 23.0 Å². The number of fused-ring (bicyclic) bond motifs is 2. The van der Waals surface area contributed by atoms with Crippen molar-refractivity contribution in [1.82, 2.24) is 0 Å². The average molecular weight is 332 g/mol. The fourth-order valence-corrected chi connectivity index (χ4v) is 3.03. The number of para-hydroxylation sites is 4. The Morgan fingerprint density at radius 2 is 1.32 bits per heavy atom. The first-order chi connectivity index (χ1) is 12.3. The molecule has 1 aliphatic rings. The molecular formula is C21H16O4. The maximum atomic E-state index is 13.0. The Morgan fingerprint density at radius 3 is 1.92 bits per heavy atom. The predicted molar refractivity (Wildman–Crippen MR) is 93.4 cm³/mol. The Bertz CT molecular complexity index is 887. The van der Waals surface area contributed by atoms with Gasteiger partial charge in [-0.1, -0.05) is 48.5 Å². The van der Waals surface area contributed by atoms with E-state index in [1.54, 1.807) is 25.3 Å². The summed E-state index contributed by atoms with van der Waals surface area (Å²) in [4.78, 5) is 13.0. The minimum Gasteiger partial charge on any atom is -0.493 e. The second-order valence-electron chi connectivity index (χ2n) is 5.68. The zero-order valence-corrected chi connectivity index (χ0v) is 13.6. The van der Waals surface area contributed by atoms with Gasteiger partial charge in [0.1, 0.15) is 17.4 Å². The van der Waals surface area contributed by atoms with Gasteiger partial charge in [0.25, 0.3) is 0 Å². The largest absolute Gasteiger partial charge is 0.493 e. The van der Waals surface area contributed by atoms with Crippen LogP contribution in [0.1, 0.15) is 17.0 Å². The molecule has 25 heavy (non-hydrogen) atoms. The van der Waals surface area contributed by atoms with Crippen molar-refractivity contribution >= 4 is 5.97 Å². The number of ether oxygens (including phenoxy) is 3. The van der Waals surface area contributed by atoms with Crippen molar-refractivity contribution in [2.24, 2.45) is 0 Å². The summed E-state index contributed by atoms with van der Waals surface area (Å²) in [6, 6.07) is 22.1. The fraction of sp³-hybridized carbons (Fsp3) is 0.0952. The molecule has 1 heterocycles. The van der Waals surface area contributed by atoms with Crippen molar-refractivity contribution in [3.63, 3.8) is 0 Å². The normalized spacial score (nSPS) is 12.5. The highest BCUT2D eigenvalue weighted by Gasteiger charge is 2.34. The van der Waals surface area contributed by atoms with Gasteiger partial charge in [-0.25, -0.2) is 0 Å². The van der Waals surface area contributed by atoms with Crippen LogP contribution >= 0.6 is 0 Å². The second-order valence-corrected chi connectivity index (χ2v) is 5.68. The van der Waals surface area contributed by atoms with Crippen LogP contribution in [0, 0.1) is 0 Å². The van der Waals surface area contributed by atoms with E-state index in [0.29, 0.717) is 23.0 Å². The molecule has 4 nitrogen and oxygen atoms in total. The number of methoxy groups -OCH3 is 1. The lowest BCUT2D eigenvalue weighted by Crippen LogP contribution is -2.23. The first-order valence-electron chi connectivity index (χ1n) is 7.98. The summed E-state index contributed by atoms with van der Waals surface area (Å²) in [6.45, 7) is 0. The molecule has 0 radical (unpaired) electrons. The summed E-state index contributed by atoms with van der Waals surface area (Å²) in [6.07, 6.45) is 0. The SMILES string of the molecule is COc1ccccc1OC(=O)C1c2ccccc2Oc2ccccc21. The molecule has 124 valence electrons. The van der Waals surface area contributed by atoms with E-state index in [4.69, 9.17) is 14.2 Å². The summed E-state index contributed by atoms with van der Waals surface area (Å²) < 4.78 is 16.9. The number of hydrogen-bond donors (Lipinski definition) is 0. The lowest BCUT2D eigenvalue weighted by atomic mass is 9.88. The third kappa shape index (κ3) is 2.72. The third-order valence-electron chi connectivity index (χ3n) is 4.20. The van der Waals surface area contributed by atoms with E-state index in [9.17, 15) is 4.79 Å². The van der Waals surface area contributed by atoms with Crippen LogP contribution in [0.4, 0.5) is 0 Å². The van der Waals surface area contributed by atoms with Gasteiger partial charge in [-0.15, -0.1) is 0 Å². The molecule has 1 aliphatic heterocycles. The van der Waals surface area contributed by atoms with E-state index in [-0.39, 0.29) is 5.97 Å². The highest BCUT2D eigenvalue weighted by molar-refractivity contribution is 5.87. The number of carbonyl (C=O) groups excluding carboxylic acids is 1. The molecule has 4 rings (SSSR count). The van der Waals surface area contributed by atoms with Crippen LogP contribution in [0.15, 0.2) is 72.8 Å². The van der Waals surface area contributed by atoms with Gasteiger partial charge < -0.3 is 14.2 Å². The van der Waals surface area contributed by atoms with Crippen LogP contribution in [-0.4, -0.2) is 13.1 Å².